The van der Waals surface area contributed by atoms with Crippen LogP contribution in [0, 0.1) is 34.5 Å². The molecule has 0 amide bonds. The van der Waals surface area contributed by atoms with E-state index in [9.17, 15) is 0 Å². The van der Waals surface area contributed by atoms with Crippen molar-refractivity contribution in [2.45, 2.75) is 81.1 Å². The number of rotatable bonds is 2. The van der Waals surface area contributed by atoms with Crippen LogP contribution in [0.1, 0.15) is 81.1 Å². The van der Waals surface area contributed by atoms with Gasteiger partial charge in [-0.15, -0.1) is 0 Å². The molecular weight excluding hydrogens is 336 g/mol. The maximum atomic E-state index is 4.48. The first kappa shape index (κ1) is 23.0. The normalized spacial score (nSPS) is 40.6. The lowest BCUT2D eigenvalue weighted by Crippen LogP contribution is -2.43. The Morgan fingerprint density at radius 2 is 1.93 bits per heavy atom. The maximum absolute atomic E-state index is 4.48. The average Bonchev–Trinajstić information content (AvgIpc) is 2.93. The summed E-state index contributed by atoms with van der Waals surface area (Å²) in [5, 5.41) is 0. The zero-order valence-corrected chi connectivity index (χ0v) is 18.6. The molecular formula is C28H44. The predicted molar refractivity (Wildman–Crippen MR) is 126 cm³/mol. The second kappa shape index (κ2) is 8.21. The smallest absolute Gasteiger partial charge is 0.0281 e. The van der Waals surface area contributed by atoms with Gasteiger partial charge >= 0.3 is 0 Å². The van der Waals surface area contributed by atoms with Crippen LogP contribution in [0.5, 0.6) is 0 Å². The summed E-state index contributed by atoms with van der Waals surface area (Å²) in [5.41, 5.74) is 6.53. The zero-order valence-electron chi connectivity index (χ0n) is 18.6. The molecule has 6 atom stereocenters. The maximum Gasteiger partial charge on any atom is 0.0281 e. The summed E-state index contributed by atoms with van der Waals surface area (Å²) in [5.74, 6) is 3.06. The van der Waals surface area contributed by atoms with Crippen molar-refractivity contribution in [1.82, 2.24) is 0 Å². The van der Waals surface area contributed by atoms with Crippen LogP contribution in [0.25, 0.3) is 0 Å². The second-order valence-electron chi connectivity index (χ2n) is 9.60. The molecule has 0 aromatic heterocycles. The van der Waals surface area contributed by atoms with Gasteiger partial charge in [0.2, 0.25) is 0 Å². The molecule has 0 nitrogen and oxygen atoms in total. The Kier molecular flexibility index (Phi) is 6.74. The van der Waals surface area contributed by atoms with Crippen molar-refractivity contribution in [2.24, 2.45) is 34.5 Å². The number of hydrogen-bond acceptors (Lipinski definition) is 0. The average molecular weight is 381 g/mol. The molecule has 0 N–H and O–H groups in total. The van der Waals surface area contributed by atoms with Crippen LogP contribution in [0.15, 0.2) is 59.8 Å². The van der Waals surface area contributed by atoms with E-state index in [4.69, 9.17) is 0 Å². The molecule has 0 saturated heterocycles. The highest BCUT2D eigenvalue weighted by Gasteiger charge is 2.57. The van der Waals surface area contributed by atoms with Crippen molar-refractivity contribution in [1.29, 1.82) is 0 Å². The van der Waals surface area contributed by atoms with Crippen LogP contribution < -0.4 is 0 Å². The van der Waals surface area contributed by atoms with Crippen LogP contribution in [0.2, 0.25) is 0 Å². The molecule has 0 spiro atoms. The fourth-order valence-corrected chi connectivity index (χ4v) is 7.06. The summed E-state index contributed by atoms with van der Waals surface area (Å²) in [7, 11) is 0. The minimum absolute atomic E-state index is 0. The van der Waals surface area contributed by atoms with Crippen molar-refractivity contribution in [3.05, 3.63) is 59.8 Å². The van der Waals surface area contributed by atoms with Crippen molar-refractivity contribution in [2.75, 3.05) is 0 Å². The first-order valence-electron chi connectivity index (χ1n) is 11.3. The standard InChI is InChI=1S/C25H34.C2H6.CH4/c1-7-17(3)23-18(4)15-22-20-9-8-19-14-16(2)10-12-24(19,5)21(20)11-13-25(22,23)6;1-2;/h10-12,14,18,20,22-23H,2-3,7-9,13,15H2,1,4-6H3;1-2H3;1H4/t18-,20?,22?,23?,24?,25?;;/m1../s1. The lowest BCUT2D eigenvalue weighted by molar-refractivity contribution is 0.102. The Balaban J connectivity index is 0.000000906. The third-order valence-corrected chi connectivity index (χ3v) is 8.28. The Morgan fingerprint density at radius 3 is 2.57 bits per heavy atom. The molecule has 0 aliphatic heterocycles. The van der Waals surface area contributed by atoms with Crippen LogP contribution in [-0.2, 0) is 0 Å². The molecule has 5 unspecified atom stereocenters. The summed E-state index contributed by atoms with van der Waals surface area (Å²) in [6, 6.07) is 0. The molecule has 4 aliphatic rings. The van der Waals surface area contributed by atoms with E-state index in [-0.39, 0.29) is 12.8 Å². The Labute approximate surface area is 175 Å². The molecule has 0 aromatic carbocycles. The van der Waals surface area contributed by atoms with Gasteiger partial charge in [0.25, 0.3) is 0 Å². The second-order valence-corrected chi connectivity index (χ2v) is 9.60. The minimum Gasteiger partial charge on any atom is -0.0996 e. The molecule has 2 saturated carbocycles. The van der Waals surface area contributed by atoms with E-state index in [1.165, 1.54) is 36.8 Å². The molecule has 4 rings (SSSR count). The number of fused-ring (bicyclic) bond motifs is 5. The van der Waals surface area contributed by atoms with Gasteiger partial charge in [0.05, 0.1) is 0 Å². The Hall–Kier alpha value is -1.30. The number of allylic oxidation sites excluding steroid dienone is 8. The monoisotopic (exact) mass is 380 g/mol. The van der Waals surface area contributed by atoms with E-state index in [0.29, 0.717) is 11.3 Å². The minimum atomic E-state index is 0. The van der Waals surface area contributed by atoms with Gasteiger partial charge in [-0.2, -0.15) is 0 Å². The first-order valence-corrected chi connectivity index (χ1v) is 11.3. The van der Waals surface area contributed by atoms with E-state index in [2.05, 4.69) is 65.2 Å². The molecule has 0 aromatic rings. The summed E-state index contributed by atoms with van der Waals surface area (Å²) in [6.07, 6.45) is 16.0. The van der Waals surface area contributed by atoms with E-state index < -0.39 is 0 Å². The molecule has 2 fully saturated rings. The van der Waals surface area contributed by atoms with E-state index in [1.54, 1.807) is 11.1 Å². The fourth-order valence-electron chi connectivity index (χ4n) is 7.06. The van der Waals surface area contributed by atoms with Crippen LogP contribution in [-0.4, -0.2) is 0 Å². The van der Waals surface area contributed by atoms with Gasteiger partial charge in [-0.25, -0.2) is 0 Å². The summed E-state index contributed by atoms with van der Waals surface area (Å²) in [4.78, 5) is 0. The van der Waals surface area contributed by atoms with Gasteiger partial charge in [0.1, 0.15) is 0 Å². The first-order chi connectivity index (χ1) is 12.8. The van der Waals surface area contributed by atoms with Crippen molar-refractivity contribution >= 4 is 0 Å². The highest BCUT2D eigenvalue weighted by atomic mass is 14.6. The van der Waals surface area contributed by atoms with Crippen molar-refractivity contribution in [3.63, 3.8) is 0 Å². The third-order valence-electron chi connectivity index (χ3n) is 8.28. The van der Waals surface area contributed by atoms with Crippen LogP contribution >= 0.6 is 0 Å². The summed E-state index contributed by atoms with van der Waals surface area (Å²) in [6.45, 7) is 22.4. The number of hydrogen-bond donors (Lipinski definition) is 0. The quantitative estimate of drug-likeness (QED) is 0.420. The van der Waals surface area contributed by atoms with Crippen LogP contribution in [0.4, 0.5) is 0 Å². The lowest BCUT2D eigenvalue weighted by Gasteiger charge is -2.52. The van der Waals surface area contributed by atoms with E-state index >= 15 is 0 Å². The topological polar surface area (TPSA) is 0 Å². The van der Waals surface area contributed by atoms with E-state index in [0.717, 1.165) is 24.2 Å². The highest BCUT2D eigenvalue weighted by Crippen LogP contribution is 2.66. The van der Waals surface area contributed by atoms with E-state index in [1.807, 2.05) is 13.8 Å². The van der Waals surface area contributed by atoms with Gasteiger partial charge in [-0.1, -0.05) is 96.2 Å². The predicted octanol–water partition coefficient (Wildman–Crippen LogP) is 8.69. The molecule has 156 valence electrons. The zero-order chi connectivity index (χ0) is 20.0. The molecule has 0 bridgehead atoms. The van der Waals surface area contributed by atoms with Crippen LogP contribution in [0.3, 0.4) is 0 Å². The van der Waals surface area contributed by atoms with Gasteiger partial charge in [0, 0.05) is 5.41 Å². The SMILES string of the molecule is C.C=C1C=CC2(C)C(=C1)CCC1C2=CCC2(C)C1C[C@@H](C)C2C(=C)CC.CC. The Morgan fingerprint density at radius 1 is 1.25 bits per heavy atom. The lowest BCUT2D eigenvalue weighted by atomic mass is 9.52. The van der Waals surface area contributed by atoms with Crippen molar-refractivity contribution in [3.8, 4) is 0 Å². The summed E-state index contributed by atoms with van der Waals surface area (Å²) >= 11 is 0. The fraction of sp³-hybridized carbons (Fsp3) is 0.643. The van der Waals surface area contributed by atoms with Gasteiger partial charge in [-0.3, -0.25) is 0 Å². The Bertz CT molecular complexity index is 714. The molecule has 28 heavy (non-hydrogen) atoms. The van der Waals surface area contributed by atoms with Crippen molar-refractivity contribution < 1.29 is 0 Å². The van der Waals surface area contributed by atoms with Gasteiger partial charge in [0.15, 0.2) is 0 Å². The highest BCUT2D eigenvalue weighted by molar-refractivity contribution is 5.50. The van der Waals surface area contributed by atoms with Gasteiger partial charge < -0.3 is 0 Å². The third kappa shape index (κ3) is 3.21. The molecule has 0 heteroatoms. The molecule has 0 heterocycles. The molecule has 4 aliphatic carbocycles. The summed E-state index contributed by atoms with van der Waals surface area (Å²) < 4.78 is 0. The largest absolute Gasteiger partial charge is 0.0996 e. The molecule has 0 radical (unpaired) electrons. The van der Waals surface area contributed by atoms with Gasteiger partial charge in [-0.05, 0) is 73.7 Å².